The van der Waals surface area contributed by atoms with Gasteiger partial charge in [0, 0.05) is 23.7 Å². The number of esters is 1. The number of carbonyl (C=O) groups is 3. The zero-order valence-corrected chi connectivity index (χ0v) is 18.2. The molecule has 2 aromatic rings. The lowest BCUT2D eigenvalue weighted by atomic mass is 9.95. The fourth-order valence-corrected chi connectivity index (χ4v) is 3.86. The van der Waals surface area contributed by atoms with Crippen LogP contribution in [0.25, 0.3) is 5.76 Å². The number of carbonyl (C=O) groups excluding carboxylic acids is 3. The van der Waals surface area contributed by atoms with Crippen LogP contribution in [0.5, 0.6) is 0 Å². The Morgan fingerprint density at radius 2 is 2.03 bits per heavy atom. The summed E-state index contributed by atoms with van der Waals surface area (Å²) in [7, 11) is 5.13. The van der Waals surface area contributed by atoms with E-state index in [1.54, 1.807) is 38.4 Å². The molecule has 0 saturated carbocycles. The number of rotatable bonds is 6. The van der Waals surface area contributed by atoms with Crippen molar-refractivity contribution in [2.75, 3.05) is 34.3 Å². The third kappa shape index (κ3) is 3.96. The van der Waals surface area contributed by atoms with E-state index in [0.29, 0.717) is 29.9 Å². The maximum Gasteiger partial charge on any atom is 0.354 e. The van der Waals surface area contributed by atoms with Gasteiger partial charge in [-0.1, -0.05) is 11.8 Å². The molecule has 1 fully saturated rings. The molecule has 1 saturated heterocycles. The lowest BCUT2D eigenvalue weighted by Gasteiger charge is -2.27. The van der Waals surface area contributed by atoms with E-state index >= 15 is 0 Å². The highest BCUT2D eigenvalue weighted by Crippen LogP contribution is 2.39. The van der Waals surface area contributed by atoms with Gasteiger partial charge in [-0.15, -0.1) is 0 Å². The number of hydrogen-bond acceptors (Lipinski definition) is 6. The predicted molar refractivity (Wildman–Crippen MR) is 110 cm³/mol. The molecule has 31 heavy (non-hydrogen) atoms. The van der Waals surface area contributed by atoms with E-state index in [1.807, 2.05) is 14.1 Å². The number of nitrogens with zero attached hydrogens (tertiary/aromatic N) is 2. The number of ketones is 1. The zero-order valence-electron chi connectivity index (χ0n) is 18.2. The topological polar surface area (TPSA) is 120 Å². The Morgan fingerprint density at radius 3 is 2.61 bits per heavy atom. The molecule has 0 bridgehead atoms. The van der Waals surface area contributed by atoms with Gasteiger partial charge in [-0.25, -0.2) is 4.79 Å². The Morgan fingerprint density at radius 1 is 1.32 bits per heavy atom. The van der Waals surface area contributed by atoms with Crippen molar-refractivity contribution in [3.05, 3.63) is 58.2 Å². The number of likely N-dealkylation sites (N-methyl/N-ethyl adjacent to an activating group) is 1. The second kappa shape index (κ2) is 8.73. The van der Waals surface area contributed by atoms with Crippen LogP contribution >= 0.6 is 0 Å². The number of H-pyrrole nitrogens is 1. The molecule has 9 heteroatoms. The van der Waals surface area contributed by atoms with E-state index in [-0.39, 0.29) is 16.8 Å². The molecule has 1 aliphatic rings. The van der Waals surface area contributed by atoms with E-state index in [4.69, 9.17) is 4.74 Å². The van der Waals surface area contributed by atoms with E-state index in [1.165, 1.54) is 12.0 Å². The maximum atomic E-state index is 13.6. The summed E-state index contributed by atoms with van der Waals surface area (Å²) in [5.74, 6) is -2.73. The third-order valence-corrected chi connectivity index (χ3v) is 5.44. The van der Waals surface area contributed by atoms with Crippen LogP contribution < -0.4 is 10.0 Å². The number of aryl methyl sites for hydroxylation is 1. The average molecular weight is 426 g/mol. The molecule has 0 aromatic carbocycles. The van der Waals surface area contributed by atoms with Gasteiger partial charge >= 0.3 is 5.97 Å². The van der Waals surface area contributed by atoms with Crippen LogP contribution in [0.4, 0.5) is 0 Å². The van der Waals surface area contributed by atoms with Crippen LogP contribution in [0.3, 0.4) is 0 Å². The minimum Gasteiger partial charge on any atom is -0.872 e. The standard InChI is InChI=1S/C22H26N4O5/c1-12-15(13(2)24-17(12)22(30)31-5)19(27)16-18(14-7-6-8-23-11-14)26(10-9-25(3)4)21(29)20(16)28/h6-8,11,18,24,27H,9-10H2,1-5H3. The number of aromatic nitrogens is 2. The molecular weight excluding hydrogens is 400 g/mol. The summed E-state index contributed by atoms with van der Waals surface area (Å²) in [5.41, 5.74) is 1.60. The van der Waals surface area contributed by atoms with Crippen molar-refractivity contribution < 1.29 is 29.1 Å². The third-order valence-electron chi connectivity index (χ3n) is 5.44. The monoisotopic (exact) mass is 426 g/mol. The van der Waals surface area contributed by atoms with Crippen molar-refractivity contribution in [3.63, 3.8) is 0 Å². The number of Topliss-reactive ketones (excluding diaryl/α,β-unsaturated/α-hetero) is 1. The van der Waals surface area contributed by atoms with E-state index in [2.05, 4.69) is 9.97 Å². The highest BCUT2D eigenvalue weighted by molar-refractivity contribution is 6.46. The Labute approximate surface area is 180 Å². The number of ether oxygens (including phenoxy) is 1. The number of nitrogens with one attached hydrogen (secondary N) is 2. The first-order valence-corrected chi connectivity index (χ1v) is 9.92. The average Bonchev–Trinajstić information content (AvgIpc) is 3.18. The zero-order chi connectivity index (χ0) is 22.9. The first-order valence-electron chi connectivity index (χ1n) is 9.92. The van der Waals surface area contributed by atoms with Gasteiger partial charge in [-0.2, -0.15) is 0 Å². The molecule has 1 amide bonds. The Hall–Kier alpha value is -3.46. The fourth-order valence-electron chi connectivity index (χ4n) is 3.86. The molecule has 1 unspecified atom stereocenters. The second-order valence-corrected chi connectivity index (χ2v) is 7.83. The highest BCUT2D eigenvalue weighted by Gasteiger charge is 2.44. The molecule has 0 aliphatic carbocycles. The minimum absolute atomic E-state index is 0.131. The predicted octanol–water partition coefficient (Wildman–Crippen LogP) is -0.818. The van der Waals surface area contributed by atoms with Crippen molar-refractivity contribution in [2.45, 2.75) is 19.9 Å². The van der Waals surface area contributed by atoms with Gasteiger partial charge in [0.05, 0.1) is 40.3 Å². The van der Waals surface area contributed by atoms with Gasteiger partial charge < -0.3 is 24.6 Å². The smallest absolute Gasteiger partial charge is 0.354 e. The lowest BCUT2D eigenvalue weighted by molar-refractivity contribution is -0.857. The van der Waals surface area contributed by atoms with Gasteiger partial charge in [-0.05, 0) is 36.6 Å². The summed E-state index contributed by atoms with van der Waals surface area (Å²) in [6.07, 6.45) is 3.14. The molecule has 164 valence electrons. The van der Waals surface area contributed by atoms with Crippen molar-refractivity contribution in [3.8, 4) is 0 Å². The SMILES string of the molecule is COC(=O)c1[nH]c(C)c(C([O-])=C2C(=O)C(=O)N(CC[NH+](C)C)C2c2cccnc2)c1C. The van der Waals surface area contributed by atoms with Crippen molar-refractivity contribution in [1.29, 1.82) is 0 Å². The van der Waals surface area contributed by atoms with Crippen LogP contribution in [0.1, 0.15) is 38.9 Å². The minimum atomic E-state index is -0.837. The van der Waals surface area contributed by atoms with Crippen LogP contribution in [0.2, 0.25) is 0 Å². The van der Waals surface area contributed by atoms with E-state index in [0.717, 1.165) is 4.90 Å². The van der Waals surface area contributed by atoms with Gasteiger partial charge in [0.1, 0.15) is 5.69 Å². The fraction of sp³-hybridized carbons (Fsp3) is 0.364. The number of quaternary nitrogens is 1. The largest absolute Gasteiger partial charge is 0.872 e. The summed E-state index contributed by atoms with van der Waals surface area (Å²) < 4.78 is 4.76. The van der Waals surface area contributed by atoms with E-state index < -0.39 is 29.5 Å². The summed E-state index contributed by atoms with van der Waals surface area (Å²) >= 11 is 0. The lowest BCUT2D eigenvalue weighted by Crippen LogP contribution is -3.06. The normalized spacial score (nSPS) is 18.1. The Kier molecular flexibility index (Phi) is 6.26. The van der Waals surface area contributed by atoms with Crippen LogP contribution in [-0.4, -0.2) is 66.8 Å². The van der Waals surface area contributed by atoms with Gasteiger partial charge in [0.2, 0.25) is 5.78 Å². The molecular formula is C22H26N4O5. The molecule has 3 heterocycles. The number of pyridine rings is 1. The van der Waals surface area contributed by atoms with Gasteiger partial charge in [-0.3, -0.25) is 14.6 Å². The van der Waals surface area contributed by atoms with Gasteiger partial charge in [0.25, 0.3) is 5.91 Å². The molecule has 1 atom stereocenters. The molecule has 9 nitrogen and oxygen atoms in total. The molecule has 2 N–H and O–H groups in total. The summed E-state index contributed by atoms with van der Waals surface area (Å²) in [5, 5.41) is 13.6. The summed E-state index contributed by atoms with van der Waals surface area (Å²) in [6, 6.07) is 2.60. The number of amides is 1. The van der Waals surface area contributed by atoms with Crippen LogP contribution in [0, 0.1) is 13.8 Å². The molecule has 3 rings (SSSR count). The molecule has 0 radical (unpaired) electrons. The van der Waals surface area contributed by atoms with Crippen LogP contribution in [0.15, 0.2) is 30.1 Å². The highest BCUT2D eigenvalue weighted by atomic mass is 16.5. The Bertz CT molecular complexity index is 1060. The molecule has 1 aliphatic heterocycles. The van der Waals surface area contributed by atoms with Crippen LogP contribution in [-0.2, 0) is 14.3 Å². The number of aromatic amines is 1. The molecule has 2 aromatic heterocycles. The first kappa shape index (κ1) is 22.2. The molecule has 0 spiro atoms. The second-order valence-electron chi connectivity index (χ2n) is 7.83. The quantitative estimate of drug-likeness (QED) is 0.270. The summed E-state index contributed by atoms with van der Waals surface area (Å²) in [6.45, 7) is 4.16. The van der Waals surface area contributed by atoms with Crippen molar-refractivity contribution in [2.24, 2.45) is 0 Å². The van der Waals surface area contributed by atoms with Crippen molar-refractivity contribution >= 4 is 23.4 Å². The van der Waals surface area contributed by atoms with E-state index in [9.17, 15) is 19.5 Å². The summed E-state index contributed by atoms with van der Waals surface area (Å²) in [4.78, 5) is 47.4. The van der Waals surface area contributed by atoms with Gasteiger partial charge in [0.15, 0.2) is 0 Å². The Balaban J connectivity index is 2.20. The number of methoxy groups -OCH3 is 1. The maximum absolute atomic E-state index is 13.6. The number of hydrogen-bond donors (Lipinski definition) is 2. The number of likely N-dealkylation sites (tertiary alicyclic amines) is 1. The first-order chi connectivity index (χ1) is 14.7. The van der Waals surface area contributed by atoms with Crippen molar-refractivity contribution in [1.82, 2.24) is 14.9 Å².